The first-order chi connectivity index (χ1) is 16.9. The van der Waals surface area contributed by atoms with E-state index in [2.05, 4.69) is 21.8 Å². The minimum absolute atomic E-state index is 0.0831. The highest BCUT2D eigenvalue weighted by molar-refractivity contribution is 7.52. The van der Waals surface area contributed by atoms with Crippen LogP contribution in [0.4, 0.5) is 9.93 Å². The number of aromatic nitrogens is 2. The summed E-state index contributed by atoms with van der Waals surface area (Å²) in [4.78, 5) is 30.6. The van der Waals surface area contributed by atoms with Crippen molar-refractivity contribution in [3.63, 3.8) is 0 Å². The fourth-order valence-corrected chi connectivity index (χ4v) is 4.86. The minimum atomic E-state index is -1.22. The number of nitrogens with two attached hydrogens (primary N) is 1. The van der Waals surface area contributed by atoms with Crippen LogP contribution in [0.2, 0.25) is 0 Å². The van der Waals surface area contributed by atoms with Gasteiger partial charge in [-0.15, -0.1) is 0 Å². The predicted molar refractivity (Wildman–Crippen MR) is 137 cm³/mol. The number of nitrogens with one attached hydrogen (secondary N) is 1. The van der Waals surface area contributed by atoms with E-state index in [1.54, 1.807) is 47.8 Å². The Kier molecular flexibility index (Phi) is 5.53. The molecule has 0 aliphatic heterocycles. The van der Waals surface area contributed by atoms with Gasteiger partial charge in [0.25, 0.3) is 0 Å². The Bertz CT molecular complexity index is 1670. The Balaban J connectivity index is 1.52. The Morgan fingerprint density at radius 2 is 1.71 bits per heavy atom. The highest BCUT2D eigenvalue weighted by Crippen LogP contribution is 2.33. The van der Waals surface area contributed by atoms with Crippen molar-refractivity contribution in [3.05, 3.63) is 95.0 Å². The highest BCUT2D eigenvalue weighted by Gasteiger charge is 2.25. The minimum Gasteiger partial charge on any atom is -0.478 e. The predicted octanol–water partition coefficient (Wildman–Crippen LogP) is 5.85. The SMILES string of the molecule is Nc1nc(-c2ccc(C#Cc3cccc(C(=O)O)c3-c3ccc4cc[nH]c4c3)cc2)c[s+]1C(=O)O. The number of hydrogen-bond acceptors (Lipinski definition) is 4. The Morgan fingerprint density at radius 1 is 0.943 bits per heavy atom. The molecule has 0 aliphatic rings. The van der Waals surface area contributed by atoms with Crippen LogP contribution in [-0.2, 0) is 0 Å². The van der Waals surface area contributed by atoms with Gasteiger partial charge in [-0.1, -0.05) is 42.2 Å². The number of fused-ring (bicyclic) bond motifs is 1. The zero-order valence-electron chi connectivity index (χ0n) is 18.1. The van der Waals surface area contributed by atoms with Crippen LogP contribution >= 0.6 is 10.5 Å². The Hall–Kier alpha value is -4.87. The summed E-state index contributed by atoms with van der Waals surface area (Å²) in [6.45, 7) is 0. The molecule has 35 heavy (non-hydrogen) atoms. The zero-order valence-corrected chi connectivity index (χ0v) is 19.0. The smallest absolute Gasteiger partial charge is 0.478 e. The first-order valence-corrected chi connectivity index (χ1v) is 11.8. The van der Waals surface area contributed by atoms with Crippen LogP contribution in [0.25, 0.3) is 33.3 Å². The number of anilines is 1. The van der Waals surface area contributed by atoms with Crippen molar-refractivity contribution in [3.8, 4) is 34.2 Å². The fraction of sp³-hybridized carbons (Fsp3) is 0. The molecule has 0 saturated heterocycles. The van der Waals surface area contributed by atoms with E-state index in [0.29, 0.717) is 22.4 Å². The van der Waals surface area contributed by atoms with E-state index in [1.165, 1.54) is 0 Å². The average molecular weight is 481 g/mol. The molecule has 5 rings (SSSR count). The molecule has 1 atom stereocenters. The summed E-state index contributed by atoms with van der Waals surface area (Å²) < 4.78 is 0. The van der Waals surface area contributed by atoms with Gasteiger partial charge in [-0.3, -0.25) is 0 Å². The molecule has 5 aromatic rings. The molecule has 3 aromatic carbocycles. The topological polar surface area (TPSA) is 129 Å². The third-order valence-corrected chi connectivity index (χ3v) is 6.91. The molecular formula is C27H18N3O4S+. The molecular weight excluding hydrogens is 462 g/mol. The number of carboxylic acid groups (broad SMARTS) is 2. The van der Waals surface area contributed by atoms with Crippen LogP contribution in [0.3, 0.4) is 0 Å². The molecule has 0 bridgehead atoms. The first-order valence-electron chi connectivity index (χ1n) is 10.5. The number of aromatic amines is 1. The number of H-pyrrole nitrogens is 1. The van der Waals surface area contributed by atoms with Gasteiger partial charge in [0.05, 0.1) is 5.56 Å². The Labute approximate surface area is 202 Å². The number of carbonyl (C=O) groups is 2. The lowest BCUT2D eigenvalue weighted by Crippen LogP contribution is -2.01. The van der Waals surface area contributed by atoms with E-state index >= 15 is 0 Å². The third-order valence-electron chi connectivity index (χ3n) is 5.53. The van der Waals surface area contributed by atoms with Gasteiger partial charge in [0, 0.05) is 34.0 Å². The summed E-state index contributed by atoms with van der Waals surface area (Å²) >= 11 is 0. The summed E-state index contributed by atoms with van der Waals surface area (Å²) in [6.07, 6.45) is 1.84. The standard InChI is InChI=1S/C27H17N3O4S/c28-26-30-23(15-35(26)27(33)34)17-7-4-16(5-8-17)6-9-19-2-1-3-21(25(31)32)24(19)20-11-10-18-12-13-29-22(18)14-20/h1-5,7-8,10-15,29H,(H3-,28,30,31,32,33,34)/p+1. The molecule has 7 nitrogen and oxygen atoms in total. The second-order valence-corrected chi connectivity index (χ2v) is 9.38. The molecule has 0 amide bonds. The van der Waals surface area contributed by atoms with E-state index in [-0.39, 0.29) is 10.7 Å². The number of nitrogen functional groups attached to an aromatic ring is 1. The van der Waals surface area contributed by atoms with Crippen LogP contribution in [-0.4, -0.2) is 31.5 Å². The van der Waals surface area contributed by atoms with Gasteiger partial charge in [-0.05, 0) is 47.3 Å². The summed E-state index contributed by atoms with van der Waals surface area (Å²) in [6, 6.07) is 20.0. The summed E-state index contributed by atoms with van der Waals surface area (Å²) in [5, 5.41) is 20.7. The van der Waals surface area contributed by atoms with Crippen molar-refractivity contribution in [2.24, 2.45) is 0 Å². The first kappa shape index (κ1) is 21.9. The van der Waals surface area contributed by atoms with E-state index in [0.717, 1.165) is 22.0 Å². The lowest BCUT2D eigenvalue weighted by atomic mass is 9.93. The number of rotatable bonds is 4. The van der Waals surface area contributed by atoms with Crippen molar-refractivity contribution in [2.45, 2.75) is 0 Å². The van der Waals surface area contributed by atoms with E-state index in [1.807, 2.05) is 30.5 Å². The number of aromatic carboxylic acids is 1. The van der Waals surface area contributed by atoms with Gasteiger partial charge >= 0.3 is 16.4 Å². The normalized spacial score (nSPS) is 11.1. The van der Waals surface area contributed by atoms with Crippen LogP contribution in [0.1, 0.15) is 21.5 Å². The molecule has 2 aromatic heterocycles. The Morgan fingerprint density at radius 3 is 2.43 bits per heavy atom. The molecule has 8 heteroatoms. The number of benzene rings is 3. The van der Waals surface area contributed by atoms with Crippen LogP contribution in [0.5, 0.6) is 0 Å². The van der Waals surface area contributed by atoms with Crippen molar-refractivity contribution in [1.29, 1.82) is 0 Å². The van der Waals surface area contributed by atoms with E-state index in [9.17, 15) is 19.8 Å². The number of thiazole rings is 1. The van der Waals surface area contributed by atoms with Gasteiger partial charge < -0.3 is 20.9 Å². The van der Waals surface area contributed by atoms with E-state index in [4.69, 9.17) is 5.73 Å². The van der Waals surface area contributed by atoms with Crippen molar-refractivity contribution >= 4 is 37.8 Å². The van der Waals surface area contributed by atoms with Crippen molar-refractivity contribution < 1.29 is 19.8 Å². The quantitative estimate of drug-likeness (QED) is 0.189. The molecule has 2 heterocycles. The highest BCUT2D eigenvalue weighted by atomic mass is 32.2. The molecule has 0 aliphatic carbocycles. The second-order valence-electron chi connectivity index (χ2n) is 7.70. The van der Waals surface area contributed by atoms with E-state index < -0.39 is 21.7 Å². The number of hydrogen-bond donors (Lipinski definition) is 4. The molecule has 0 saturated carbocycles. The largest absolute Gasteiger partial charge is 0.555 e. The average Bonchev–Trinajstić information content (AvgIpc) is 3.48. The van der Waals surface area contributed by atoms with Crippen LogP contribution < -0.4 is 5.73 Å². The molecule has 1 unspecified atom stereocenters. The maximum atomic E-state index is 12.0. The molecule has 0 spiro atoms. The maximum absolute atomic E-state index is 12.0. The molecule has 0 fully saturated rings. The lowest BCUT2D eigenvalue weighted by molar-refractivity contribution is 0.0697. The maximum Gasteiger partial charge on any atom is 0.555 e. The molecule has 0 radical (unpaired) electrons. The molecule has 5 N–H and O–H groups in total. The fourth-order valence-electron chi connectivity index (χ4n) is 3.85. The summed E-state index contributed by atoms with van der Waals surface area (Å²) in [5.74, 6) is 5.20. The zero-order chi connectivity index (χ0) is 24.5. The summed E-state index contributed by atoms with van der Waals surface area (Å²) in [7, 11) is -1.22. The van der Waals surface area contributed by atoms with Crippen LogP contribution in [0, 0.1) is 11.8 Å². The van der Waals surface area contributed by atoms with Gasteiger partial charge in [0.2, 0.25) is 0 Å². The van der Waals surface area contributed by atoms with Crippen LogP contribution in [0.15, 0.2) is 78.3 Å². The van der Waals surface area contributed by atoms with Gasteiger partial charge in [0.15, 0.2) is 5.38 Å². The molecule has 170 valence electrons. The van der Waals surface area contributed by atoms with Crippen molar-refractivity contribution in [2.75, 3.05) is 5.73 Å². The lowest BCUT2D eigenvalue weighted by Gasteiger charge is -2.10. The summed E-state index contributed by atoms with van der Waals surface area (Å²) in [5.41, 5.74) is 10.7. The van der Waals surface area contributed by atoms with Gasteiger partial charge in [-0.2, -0.15) is 9.78 Å². The van der Waals surface area contributed by atoms with Gasteiger partial charge in [-0.25, -0.2) is 4.79 Å². The second kappa shape index (κ2) is 8.82. The number of carboxylic acids is 1. The third kappa shape index (κ3) is 4.24. The number of nitrogens with zero attached hydrogens (tertiary/aromatic N) is 1. The monoisotopic (exact) mass is 480 g/mol. The van der Waals surface area contributed by atoms with Gasteiger partial charge in [0.1, 0.15) is 16.2 Å². The van der Waals surface area contributed by atoms with Crippen molar-refractivity contribution in [1.82, 2.24) is 9.97 Å².